The first kappa shape index (κ1) is 16.5. The van der Waals surface area contributed by atoms with Crippen LogP contribution in [0.1, 0.15) is 51.9 Å². The van der Waals surface area contributed by atoms with Gasteiger partial charge in [0.25, 0.3) is 0 Å². The molecule has 1 amide bonds. The van der Waals surface area contributed by atoms with Crippen molar-refractivity contribution in [2.45, 2.75) is 57.4 Å². The zero-order valence-corrected chi connectivity index (χ0v) is 14.3. The fraction of sp³-hybridized carbons (Fsp3) is 0.778. The highest BCUT2D eigenvalue weighted by atomic mass is 16.2. The van der Waals surface area contributed by atoms with Crippen LogP contribution in [0.25, 0.3) is 0 Å². The van der Waals surface area contributed by atoms with Crippen molar-refractivity contribution in [2.24, 2.45) is 11.8 Å². The number of aromatic nitrogens is 2. The highest BCUT2D eigenvalue weighted by Crippen LogP contribution is 2.31. The molecule has 2 heterocycles. The van der Waals surface area contributed by atoms with Gasteiger partial charge in [0.1, 0.15) is 5.54 Å². The van der Waals surface area contributed by atoms with Crippen molar-refractivity contribution in [1.82, 2.24) is 20.4 Å². The number of carbonyl (C=O) groups excluding carboxylic acids is 1. The number of carbonyl (C=O) groups is 1. The van der Waals surface area contributed by atoms with Crippen LogP contribution in [0.15, 0.2) is 18.5 Å². The number of amides is 1. The summed E-state index contributed by atoms with van der Waals surface area (Å²) in [5.74, 6) is 1.71. The Morgan fingerprint density at radius 1 is 1.26 bits per heavy atom. The van der Waals surface area contributed by atoms with Crippen molar-refractivity contribution in [3.63, 3.8) is 0 Å². The third-order valence-corrected chi connectivity index (χ3v) is 5.89. The normalized spacial score (nSPS) is 27.5. The van der Waals surface area contributed by atoms with E-state index in [1.807, 2.05) is 16.9 Å². The largest absolute Gasteiger partial charge is 0.354 e. The molecular formula is C18H30N4O. The molecule has 2 fully saturated rings. The molecule has 2 aliphatic rings. The topological polar surface area (TPSA) is 59.0 Å². The third kappa shape index (κ3) is 3.60. The maximum atomic E-state index is 13.0. The lowest BCUT2D eigenvalue weighted by Gasteiger charge is -2.37. The Hall–Kier alpha value is -1.36. The zero-order chi connectivity index (χ0) is 16.1. The summed E-state index contributed by atoms with van der Waals surface area (Å²) in [6.07, 6.45) is 11.8. The standard InChI is InChI=1S/C18H30N4O/c1-2-15-4-6-16(7-5-15)14-20-17(23)18(8-11-19-12-9-18)22-13-3-10-21-22/h3,10,13,15-16,19H,2,4-9,11-12,14H2,1H3,(H,20,23). The van der Waals surface area contributed by atoms with E-state index in [0.717, 1.165) is 38.4 Å². The van der Waals surface area contributed by atoms with Crippen molar-refractivity contribution in [2.75, 3.05) is 19.6 Å². The second-order valence-electron chi connectivity index (χ2n) is 7.24. The number of rotatable bonds is 5. The minimum Gasteiger partial charge on any atom is -0.354 e. The number of nitrogens with one attached hydrogen (secondary N) is 2. The molecule has 0 spiro atoms. The van der Waals surface area contributed by atoms with E-state index in [4.69, 9.17) is 0 Å². The molecule has 5 nitrogen and oxygen atoms in total. The summed E-state index contributed by atoms with van der Waals surface area (Å²) >= 11 is 0. The van der Waals surface area contributed by atoms with Gasteiger partial charge in [-0.2, -0.15) is 5.10 Å². The lowest BCUT2D eigenvalue weighted by Crippen LogP contribution is -2.55. The van der Waals surface area contributed by atoms with Gasteiger partial charge in [-0.25, -0.2) is 0 Å². The Balaban J connectivity index is 1.59. The van der Waals surface area contributed by atoms with Gasteiger partial charge in [0.2, 0.25) is 5.91 Å². The van der Waals surface area contributed by atoms with Crippen LogP contribution in [0.2, 0.25) is 0 Å². The van der Waals surface area contributed by atoms with Crippen molar-refractivity contribution in [3.8, 4) is 0 Å². The molecule has 3 rings (SSSR count). The molecule has 5 heteroatoms. The van der Waals surface area contributed by atoms with Gasteiger partial charge in [-0.1, -0.05) is 26.2 Å². The molecule has 1 aromatic rings. The molecule has 0 bridgehead atoms. The Labute approximate surface area is 139 Å². The van der Waals surface area contributed by atoms with Gasteiger partial charge in [-0.05, 0) is 56.7 Å². The second-order valence-corrected chi connectivity index (χ2v) is 7.24. The molecule has 1 aromatic heterocycles. The quantitative estimate of drug-likeness (QED) is 0.876. The first-order chi connectivity index (χ1) is 11.2. The summed E-state index contributed by atoms with van der Waals surface area (Å²) < 4.78 is 1.87. The second kappa shape index (κ2) is 7.47. The van der Waals surface area contributed by atoms with E-state index in [1.165, 1.54) is 32.1 Å². The molecule has 1 aliphatic heterocycles. The molecule has 2 N–H and O–H groups in total. The molecular weight excluding hydrogens is 288 g/mol. The Morgan fingerprint density at radius 2 is 1.96 bits per heavy atom. The van der Waals surface area contributed by atoms with E-state index in [2.05, 4.69) is 22.7 Å². The van der Waals surface area contributed by atoms with E-state index in [9.17, 15) is 4.79 Å². The van der Waals surface area contributed by atoms with E-state index >= 15 is 0 Å². The minimum absolute atomic E-state index is 0.153. The Kier molecular flexibility index (Phi) is 5.36. The van der Waals surface area contributed by atoms with Crippen molar-refractivity contribution in [1.29, 1.82) is 0 Å². The fourth-order valence-corrected chi connectivity index (χ4v) is 4.17. The van der Waals surface area contributed by atoms with Crippen LogP contribution >= 0.6 is 0 Å². The van der Waals surface area contributed by atoms with Gasteiger partial charge in [-0.15, -0.1) is 0 Å². The average Bonchev–Trinajstić information content (AvgIpc) is 3.16. The SMILES string of the molecule is CCC1CCC(CNC(=O)C2(n3cccn3)CCNCC2)CC1. The van der Waals surface area contributed by atoms with E-state index in [1.54, 1.807) is 6.20 Å². The van der Waals surface area contributed by atoms with Gasteiger partial charge in [0, 0.05) is 18.9 Å². The Morgan fingerprint density at radius 3 is 2.57 bits per heavy atom. The van der Waals surface area contributed by atoms with Gasteiger partial charge < -0.3 is 10.6 Å². The summed E-state index contributed by atoms with van der Waals surface area (Å²) in [5.41, 5.74) is -0.505. The van der Waals surface area contributed by atoms with Crippen LogP contribution < -0.4 is 10.6 Å². The molecule has 0 atom stereocenters. The zero-order valence-electron chi connectivity index (χ0n) is 14.3. The molecule has 128 valence electrons. The van der Waals surface area contributed by atoms with Crippen LogP contribution in [0.5, 0.6) is 0 Å². The third-order valence-electron chi connectivity index (χ3n) is 5.89. The maximum Gasteiger partial charge on any atom is 0.248 e. The lowest BCUT2D eigenvalue weighted by atomic mass is 9.80. The van der Waals surface area contributed by atoms with Crippen molar-refractivity contribution in [3.05, 3.63) is 18.5 Å². The summed E-state index contributed by atoms with van der Waals surface area (Å²) in [6, 6.07) is 1.91. The van der Waals surface area contributed by atoms with E-state index in [-0.39, 0.29) is 5.91 Å². The van der Waals surface area contributed by atoms with Gasteiger partial charge in [-0.3, -0.25) is 9.48 Å². The number of hydrogen-bond acceptors (Lipinski definition) is 3. The number of hydrogen-bond donors (Lipinski definition) is 2. The van der Waals surface area contributed by atoms with E-state index in [0.29, 0.717) is 5.92 Å². The summed E-state index contributed by atoms with van der Waals surface area (Å²) in [4.78, 5) is 13.0. The molecule has 23 heavy (non-hydrogen) atoms. The van der Waals surface area contributed by atoms with Gasteiger partial charge in [0.05, 0.1) is 0 Å². The highest BCUT2D eigenvalue weighted by Gasteiger charge is 2.42. The summed E-state index contributed by atoms with van der Waals surface area (Å²) in [5, 5.41) is 11.0. The minimum atomic E-state index is -0.505. The van der Waals surface area contributed by atoms with E-state index < -0.39 is 5.54 Å². The van der Waals surface area contributed by atoms with Crippen LogP contribution in [0, 0.1) is 11.8 Å². The molecule has 1 saturated heterocycles. The summed E-state index contributed by atoms with van der Waals surface area (Å²) in [7, 11) is 0. The van der Waals surface area contributed by atoms with Crippen LogP contribution in [0.4, 0.5) is 0 Å². The fourth-order valence-electron chi connectivity index (χ4n) is 4.17. The molecule has 0 unspecified atom stereocenters. The molecule has 0 radical (unpaired) electrons. The van der Waals surface area contributed by atoms with Gasteiger partial charge in [0.15, 0.2) is 0 Å². The van der Waals surface area contributed by atoms with Crippen LogP contribution in [0.3, 0.4) is 0 Å². The summed E-state index contributed by atoms with van der Waals surface area (Å²) in [6.45, 7) is 4.85. The smallest absolute Gasteiger partial charge is 0.248 e. The lowest BCUT2D eigenvalue weighted by molar-refractivity contribution is -0.132. The average molecular weight is 318 g/mol. The first-order valence-electron chi connectivity index (χ1n) is 9.24. The molecule has 0 aromatic carbocycles. The predicted octanol–water partition coefficient (Wildman–Crippen LogP) is 2.29. The number of nitrogens with zero attached hydrogens (tertiary/aromatic N) is 2. The molecule has 1 saturated carbocycles. The maximum absolute atomic E-state index is 13.0. The monoisotopic (exact) mass is 318 g/mol. The molecule has 1 aliphatic carbocycles. The number of piperidine rings is 1. The predicted molar refractivity (Wildman–Crippen MR) is 91.1 cm³/mol. The first-order valence-corrected chi connectivity index (χ1v) is 9.24. The Bertz CT molecular complexity index is 485. The van der Waals surface area contributed by atoms with Gasteiger partial charge >= 0.3 is 0 Å². The highest BCUT2D eigenvalue weighted by molar-refractivity contribution is 5.84. The van der Waals surface area contributed by atoms with Crippen LogP contribution in [-0.2, 0) is 10.3 Å². The van der Waals surface area contributed by atoms with Crippen molar-refractivity contribution < 1.29 is 4.79 Å². The van der Waals surface area contributed by atoms with Crippen molar-refractivity contribution >= 4 is 5.91 Å². The van der Waals surface area contributed by atoms with Crippen LogP contribution in [-0.4, -0.2) is 35.3 Å².